The molecular formula is C46H48ClN5O4. The Morgan fingerprint density at radius 2 is 1.38 bits per heavy atom. The largest absolute Gasteiger partial charge is 0.508 e. The van der Waals surface area contributed by atoms with E-state index >= 15 is 0 Å². The third-order valence-electron chi connectivity index (χ3n) is 12.6. The molecular weight excluding hydrogens is 722 g/mol. The summed E-state index contributed by atoms with van der Waals surface area (Å²) in [5.74, 6) is 0.220. The van der Waals surface area contributed by atoms with Crippen LogP contribution >= 0.6 is 11.6 Å². The number of fused-ring (bicyclic) bond motifs is 2. The van der Waals surface area contributed by atoms with Crippen LogP contribution in [0.15, 0.2) is 84.9 Å². The van der Waals surface area contributed by atoms with E-state index in [1.807, 2.05) is 36.4 Å². The minimum absolute atomic E-state index is 0.126. The summed E-state index contributed by atoms with van der Waals surface area (Å²) in [6.07, 6.45) is 5.89. The van der Waals surface area contributed by atoms with Crippen LogP contribution in [0.4, 0.5) is 11.4 Å². The maximum absolute atomic E-state index is 13.2. The highest BCUT2D eigenvalue weighted by molar-refractivity contribution is 6.30. The maximum atomic E-state index is 13.2. The zero-order chi connectivity index (χ0) is 38.3. The van der Waals surface area contributed by atoms with Crippen LogP contribution in [-0.4, -0.2) is 84.5 Å². The fourth-order valence-corrected chi connectivity index (χ4v) is 9.69. The lowest BCUT2D eigenvalue weighted by Gasteiger charge is -2.40. The first kappa shape index (κ1) is 36.5. The van der Waals surface area contributed by atoms with Gasteiger partial charge >= 0.3 is 0 Å². The Morgan fingerprint density at radius 1 is 0.679 bits per heavy atom. The molecule has 2 N–H and O–H groups in total. The SMILES string of the molecule is O=C1CC[C@@H](N2Cc3cc(N4CCN(CC5CCN(c6ccc(C7=C(c8ccc(Cl)cc8)CCCc8cc(O)ccc87)cc6)CC5)CC4)ccc3C2=O)C(=O)N1. The number of piperidine rings is 2. The molecule has 0 aromatic heterocycles. The first-order valence-electron chi connectivity index (χ1n) is 20.2. The molecule has 0 radical (unpaired) electrons. The van der Waals surface area contributed by atoms with Crippen molar-refractivity contribution in [1.29, 1.82) is 0 Å². The van der Waals surface area contributed by atoms with Crippen molar-refractivity contribution >= 4 is 51.8 Å². The van der Waals surface area contributed by atoms with E-state index in [0.29, 0.717) is 30.2 Å². The Morgan fingerprint density at radius 3 is 2.12 bits per heavy atom. The Bertz CT molecular complexity index is 2190. The van der Waals surface area contributed by atoms with Gasteiger partial charge in [0.05, 0.1) is 0 Å². The number of benzene rings is 4. The number of aryl methyl sites for hydroxylation is 1. The van der Waals surface area contributed by atoms with Gasteiger partial charge in [-0.1, -0.05) is 41.9 Å². The minimum Gasteiger partial charge on any atom is -0.508 e. The number of phenols is 1. The second-order valence-corrected chi connectivity index (χ2v) is 16.5. The molecule has 0 saturated carbocycles. The molecule has 1 aliphatic carbocycles. The van der Waals surface area contributed by atoms with Crippen molar-refractivity contribution in [3.05, 3.63) is 123 Å². The first-order valence-corrected chi connectivity index (χ1v) is 20.6. The molecule has 0 unspecified atom stereocenters. The fourth-order valence-electron chi connectivity index (χ4n) is 9.57. The molecule has 3 saturated heterocycles. The third-order valence-corrected chi connectivity index (χ3v) is 12.9. The average Bonchev–Trinajstić information content (AvgIpc) is 3.41. The third kappa shape index (κ3) is 7.30. The maximum Gasteiger partial charge on any atom is 0.255 e. The van der Waals surface area contributed by atoms with E-state index in [0.717, 1.165) is 81.3 Å². The molecule has 4 aromatic carbocycles. The molecule has 9 rings (SSSR count). The number of anilines is 2. The van der Waals surface area contributed by atoms with Crippen molar-refractivity contribution in [2.45, 2.75) is 57.5 Å². The first-order chi connectivity index (χ1) is 27.3. The standard InChI is InChI=1S/C46H48ClN5O4/c47-35-8-4-31(5-9-35)39-3-1-2-33-27-38(53)13-15-40(33)44(39)32-6-10-36(11-7-32)50-20-18-30(19-21-50)28-49-22-24-51(25-23-49)37-12-14-41-34(26-37)29-52(46(41)56)42-16-17-43(54)48-45(42)55/h4-15,26-27,30,42,53H,1-3,16-25,28-29H2,(H,48,54,55)/t42-/m1/s1. The summed E-state index contributed by atoms with van der Waals surface area (Å²) in [6.45, 7) is 7.53. The number of amides is 3. The van der Waals surface area contributed by atoms with Crippen LogP contribution in [0.2, 0.25) is 5.02 Å². The molecule has 288 valence electrons. The molecule has 4 aromatic rings. The summed E-state index contributed by atoms with van der Waals surface area (Å²) >= 11 is 6.28. The van der Waals surface area contributed by atoms with Crippen molar-refractivity contribution in [1.82, 2.24) is 15.1 Å². The quantitative estimate of drug-likeness (QED) is 0.193. The molecule has 3 amide bonds. The summed E-state index contributed by atoms with van der Waals surface area (Å²) in [5, 5.41) is 13.4. The van der Waals surface area contributed by atoms with Gasteiger partial charge in [-0.15, -0.1) is 0 Å². The molecule has 4 heterocycles. The second kappa shape index (κ2) is 15.4. The van der Waals surface area contributed by atoms with Crippen molar-refractivity contribution < 1.29 is 19.5 Å². The van der Waals surface area contributed by atoms with E-state index < -0.39 is 6.04 Å². The van der Waals surface area contributed by atoms with E-state index in [2.05, 4.69) is 68.5 Å². The van der Waals surface area contributed by atoms with Gasteiger partial charge in [0, 0.05) is 80.7 Å². The van der Waals surface area contributed by atoms with E-state index in [-0.39, 0.29) is 24.1 Å². The fraction of sp³-hybridized carbons (Fsp3) is 0.370. The van der Waals surface area contributed by atoms with Crippen molar-refractivity contribution in [2.24, 2.45) is 5.92 Å². The molecule has 0 bridgehead atoms. The zero-order valence-corrected chi connectivity index (χ0v) is 32.4. The molecule has 0 spiro atoms. The van der Waals surface area contributed by atoms with Crippen molar-refractivity contribution in [3.8, 4) is 5.75 Å². The minimum atomic E-state index is -0.591. The molecule has 3 fully saturated rings. The number of piperazine rings is 1. The molecule has 9 nitrogen and oxygen atoms in total. The van der Waals surface area contributed by atoms with Gasteiger partial charge in [-0.3, -0.25) is 24.6 Å². The number of aromatic hydroxyl groups is 1. The number of hydrogen-bond acceptors (Lipinski definition) is 7. The predicted molar refractivity (Wildman–Crippen MR) is 221 cm³/mol. The van der Waals surface area contributed by atoms with Crippen molar-refractivity contribution in [3.63, 3.8) is 0 Å². The summed E-state index contributed by atoms with van der Waals surface area (Å²) in [4.78, 5) is 46.5. The number of carbonyl (C=O) groups excluding carboxylic acids is 3. The van der Waals surface area contributed by atoms with Gasteiger partial charge < -0.3 is 19.8 Å². The summed E-state index contributed by atoms with van der Waals surface area (Å²) in [7, 11) is 0. The molecule has 5 aliphatic rings. The summed E-state index contributed by atoms with van der Waals surface area (Å²) in [5.41, 5.74) is 11.4. The highest BCUT2D eigenvalue weighted by atomic mass is 35.5. The topological polar surface area (TPSA) is 96.4 Å². The Hall–Kier alpha value is -5.12. The second-order valence-electron chi connectivity index (χ2n) is 16.1. The van der Waals surface area contributed by atoms with Gasteiger partial charge in [-0.2, -0.15) is 0 Å². The van der Waals surface area contributed by atoms with Crippen LogP contribution in [0.5, 0.6) is 5.75 Å². The van der Waals surface area contributed by atoms with E-state index in [4.69, 9.17) is 11.6 Å². The number of rotatable bonds is 7. The Labute approximate surface area is 333 Å². The van der Waals surface area contributed by atoms with Gasteiger partial charge in [0.2, 0.25) is 11.8 Å². The number of hydrogen-bond donors (Lipinski definition) is 2. The van der Waals surface area contributed by atoms with Crippen LogP contribution in [0.25, 0.3) is 11.1 Å². The average molecular weight is 770 g/mol. The van der Waals surface area contributed by atoms with Crippen LogP contribution in [0, 0.1) is 5.92 Å². The van der Waals surface area contributed by atoms with Gasteiger partial charge in [-0.25, -0.2) is 0 Å². The van der Waals surface area contributed by atoms with Gasteiger partial charge in [0.15, 0.2) is 0 Å². The highest BCUT2D eigenvalue weighted by Gasteiger charge is 2.39. The van der Waals surface area contributed by atoms with E-state index in [9.17, 15) is 19.5 Å². The number of nitrogens with one attached hydrogen (secondary N) is 1. The number of allylic oxidation sites excluding steroid dienone is 1. The lowest BCUT2D eigenvalue weighted by atomic mass is 9.87. The van der Waals surface area contributed by atoms with Crippen LogP contribution in [-0.2, 0) is 22.6 Å². The molecule has 56 heavy (non-hydrogen) atoms. The van der Waals surface area contributed by atoms with E-state index in [1.165, 1.54) is 51.9 Å². The van der Waals surface area contributed by atoms with Crippen LogP contribution in [0.3, 0.4) is 0 Å². The molecule has 10 heteroatoms. The molecule has 4 aliphatic heterocycles. The number of phenolic OH excluding ortho intramolecular Hbond substituents is 1. The number of imide groups is 1. The monoisotopic (exact) mass is 769 g/mol. The van der Waals surface area contributed by atoms with Gasteiger partial charge in [0.25, 0.3) is 5.91 Å². The summed E-state index contributed by atoms with van der Waals surface area (Å²) in [6, 6.07) is 28.6. The Kier molecular flexibility index (Phi) is 10.1. The van der Waals surface area contributed by atoms with Gasteiger partial charge in [0.1, 0.15) is 11.8 Å². The van der Waals surface area contributed by atoms with Crippen LogP contribution in [0.1, 0.15) is 76.7 Å². The zero-order valence-electron chi connectivity index (χ0n) is 31.7. The van der Waals surface area contributed by atoms with Crippen LogP contribution < -0.4 is 15.1 Å². The van der Waals surface area contributed by atoms with Crippen molar-refractivity contribution in [2.75, 3.05) is 55.6 Å². The van der Waals surface area contributed by atoms with Gasteiger partial charge in [-0.05, 0) is 138 Å². The van der Waals surface area contributed by atoms with E-state index in [1.54, 1.807) is 4.90 Å². The number of nitrogens with zero attached hydrogens (tertiary/aromatic N) is 4. The smallest absolute Gasteiger partial charge is 0.255 e. The highest BCUT2D eigenvalue weighted by Crippen LogP contribution is 2.41. The summed E-state index contributed by atoms with van der Waals surface area (Å²) < 4.78 is 0. The number of halogens is 1. The normalized spacial score (nSPS) is 20.9. The lowest BCUT2D eigenvalue weighted by molar-refractivity contribution is -0.136. The Balaban J connectivity index is 0.802. The lowest BCUT2D eigenvalue weighted by Crippen LogP contribution is -2.52. The molecule has 1 atom stereocenters. The number of carbonyl (C=O) groups is 3. The predicted octanol–water partition coefficient (Wildman–Crippen LogP) is 7.14.